The standard InChI is InChI=1S/C45H62N12O12/c1-24(2)37(38(47)62)56-41(65)31(16-26-8-5-4-6-9-26)52-42(66)33(21-58)55-40(64)32(18-28-19-48-23-50-28)53-43(67)34(22-59)54-39(63)30(17-27-11-13-29(60)14-12-27)51-36(61)20-49-44(68)35-10-7-15-57(35)45(69)25(3)46/h4-6,8-9,11-14,19,23-25,30-35,37,58-60H,7,10,15-18,20-22,46H2,1-3H3,(H2,47,62)(H,48,50)(H,49,68)(H,51,61)(H,52,66)(H,53,67)(H,54,63)(H,55,64)(H,56,65)/t25-,30-,31-,32-,33-,34-,35-,37-/m0/s1. The first-order valence-electron chi connectivity index (χ1n) is 22.3. The fraction of sp³-hybridized carbons (Fsp3) is 0.467. The molecular weight excluding hydrogens is 901 g/mol. The van der Waals surface area contributed by atoms with Crippen LogP contribution in [-0.4, -0.2) is 158 Å². The Morgan fingerprint density at radius 3 is 1.72 bits per heavy atom. The van der Waals surface area contributed by atoms with Crippen molar-refractivity contribution < 1.29 is 58.5 Å². The van der Waals surface area contributed by atoms with Crippen LogP contribution in [0.25, 0.3) is 0 Å². The Hall–Kier alpha value is -7.44. The summed E-state index contributed by atoms with van der Waals surface area (Å²) in [6.45, 7) is 2.54. The zero-order valence-electron chi connectivity index (χ0n) is 38.5. The van der Waals surface area contributed by atoms with Gasteiger partial charge in [-0.05, 0) is 48.9 Å². The molecular formula is C45H62N12O12. The van der Waals surface area contributed by atoms with Crippen molar-refractivity contribution in [2.45, 2.75) is 101 Å². The molecule has 0 aliphatic carbocycles. The summed E-state index contributed by atoms with van der Waals surface area (Å²) in [5.41, 5.74) is 12.6. The van der Waals surface area contributed by atoms with Gasteiger partial charge in [0.15, 0.2) is 0 Å². The highest BCUT2D eigenvalue weighted by Gasteiger charge is 2.37. The zero-order chi connectivity index (χ0) is 50.8. The average Bonchev–Trinajstić information content (AvgIpc) is 4.04. The van der Waals surface area contributed by atoms with Crippen LogP contribution < -0.4 is 48.7 Å². The number of carbonyl (C=O) groups is 9. The summed E-state index contributed by atoms with van der Waals surface area (Å²) in [6.07, 6.45) is 3.00. The Morgan fingerprint density at radius 1 is 0.710 bits per heavy atom. The van der Waals surface area contributed by atoms with E-state index in [1.54, 1.807) is 44.2 Å². The van der Waals surface area contributed by atoms with E-state index in [0.29, 0.717) is 36.2 Å². The monoisotopic (exact) mass is 962 g/mol. The van der Waals surface area contributed by atoms with Crippen molar-refractivity contribution in [2.75, 3.05) is 26.3 Å². The van der Waals surface area contributed by atoms with Crippen LogP contribution in [0.3, 0.4) is 0 Å². The molecule has 69 heavy (non-hydrogen) atoms. The highest BCUT2D eigenvalue weighted by molar-refractivity contribution is 5.98. The quantitative estimate of drug-likeness (QED) is 0.0382. The molecule has 1 fully saturated rings. The van der Waals surface area contributed by atoms with Gasteiger partial charge < -0.3 is 73.9 Å². The second-order valence-electron chi connectivity index (χ2n) is 16.9. The lowest BCUT2D eigenvalue weighted by Gasteiger charge is -2.27. The highest BCUT2D eigenvalue weighted by Crippen LogP contribution is 2.18. The van der Waals surface area contributed by atoms with Crippen LogP contribution in [0, 0.1) is 5.92 Å². The number of likely N-dealkylation sites (tertiary alicyclic amines) is 1. The van der Waals surface area contributed by atoms with Crippen LogP contribution in [0.2, 0.25) is 0 Å². The molecule has 2 aromatic carbocycles. The maximum Gasteiger partial charge on any atom is 0.245 e. The summed E-state index contributed by atoms with van der Waals surface area (Å²) in [7, 11) is 0. The van der Waals surface area contributed by atoms with E-state index < -0.39 is 127 Å². The third kappa shape index (κ3) is 16.4. The number of phenols is 1. The molecule has 15 N–H and O–H groups in total. The number of benzene rings is 2. The number of primary amides is 1. The minimum atomic E-state index is -1.74. The number of imidazole rings is 1. The van der Waals surface area contributed by atoms with Gasteiger partial charge in [0.2, 0.25) is 53.2 Å². The van der Waals surface area contributed by atoms with Gasteiger partial charge in [0.25, 0.3) is 0 Å². The molecule has 1 aromatic heterocycles. The second-order valence-corrected chi connectivity index (χ2v) is 16.9. The number of carbonyl (C=O) groups excluding carboxylic acids is 9. The maximum absolute atomic E-state index is 13.9. The number of nitrogens with zero attached hydrogens (tertiary/aromatic N) is 2. The topological polar surface area (TPSA) is 382 Å². The Bertz CT molecular complexity index is 2240. The molecule has 0 saturated carbocycles. The van der Waals surface area contributed by atoms with E-state index in [0.717, 1.165) is 0 Å². The van der Waals surface area contributed by atoms with E-state index in [2.05, 4.69) is 47.2 Å². The predicted octanol–water partition coefficient (Wildman–Crippen LogP) is -4.37. The Balaban J connectivity index is 1.48. The van der Waals surface area contributed by atoms with Crippen molar-refractivity contribution in [3.05, 3.63) is 83.9 Å². The largest absolute Gasteiger partial charge is 0.508 e. The molecule has 24 heteroatoms. The van der Waals surface area contributed by atoms with Gasteiger partial charge in [0.1, 0.15) is 48.0 Å². The summed E-state index contributed by atoms with van der Waals surface area (Å²) in [5, 5.41) is 47.7. The number of aliphatic hydroxyl groups is 2. The SMILES string of the molecule is CC(C)[C@H](NC(=O)[C@H](Cc1ccccc1)NC(=O)[C@H](CO)NC(=O)[C@H](Cc1cnc[nH]1)NC(=O)[C@H](CO)NC(=O)[C@H](Cc1ccc(O)cc1)NC(=O)CNC(=O)[C@@H]1CCCN1C(=O)[C@H](C)N)C(N)=O. The lowest BCUT2D eigenvalue weighted by Crippen LogP contribution is -2.61. The maximum atomic E-state index is 13.9. The van der Waals surface area contributed by atoms with Crippen LogP contribution >= 0.6 is 0 Å². The first-order chi connectivity index (χ1) is 32.8. The third-order valence-corrected chi connectivity index (χ3v) is 11.1. The van der Waals surface area contributed by atoms with Gasteiger partial charge in [0, 0.05) is 37.7 Å². The molecule has 8 atom stereocenters. The van der Waals surface area contributed by atoms with Crippen molar-refractivity contribution in [3.8, 4) is 5.75 Å². The Morgan fingerprint density at radius 2 is 1.22 bits per heavy atom. The number of hydrogen-bond donors (Lipinski definition) is 13. The van der Waals surface area contributed by atoms with Crippen LogP contribution in [0.1, 0.15) is 50.4 Å². The van der Waals surface area contributed by atoms with E-state index in [-0.39, 0.29) is 25.0 Å². The molecule has 0 unspecified atom stereocenters. The molecule has 2 heterocycles. The summed E-state index contributed by atoms with van der Waals surface area (Å²) >= 11 is 0. The van der Waals surface area contributed by atoms with Crippen molar-refractivity contribution in [2.24, 2.45) is 17.4 Å². The molecule has 1 aliphatic rings. The number of aromatic hydroxyl groups is 1. The number of rotatable bonds is 25. The first-order valence-corrected chi connectivity index (χ1v) is 22.3. The minimum Gasteiger partial charge on any atom is -0.508 e. The number of amides is 9. The molecule has 374 valence electrons. The van der Waals surface area contributed by atoms with E-state index in [4.69, 9.17) is 11.5 Å². The number of aromatic amines is 1. The average molecular weight is 963 g/mol. The molecule has 0 spiro atoms. The summed E-state index contributed by atoms with van der Waals surface area (Å²) in [5.74, 6) is -8.01. The number of H-pyrrole nitrogens is 1. The van der Waals surface area contributed by atoms with Crippen LogP contribution in [0.4, 0.5) is 0 Å². The van der Waals surface area contributed by atoms with Crippen molar-refractivity contribution in [1.29, 1.82) is 0 Å². The Labute approximate surface area is 397 Å². The first kappa shape index (κ1) is 54.2. The van der Waals surface area contributed by atoms with E-state index in [9.17, 15) is 58.5 Å². The predicted molar refractivity (Wildman–Crippen MR) is 245 cm³/mol. The van der Waals surface area contributed by atoms with E-state index >= 15 is 0 Å². The lowest BCUT2D eigenvalue weighted by atomic mass is 10.0. The third-order valence-electron chi connectivity index (χ3n) is 11.1. The molecule has 9 amide bonds. The molecule has 1 saturated heterocycles. The summed E-state index contributed by atoms with van der Waals surface area (Å²) < 4.78 is 0. The van der Waals surface area contributed by atoms with Gasteiger partial charge in [0.05, 0.1) is 32.1 Å². The fourth-order valence-corrected chi connectivity index (χ4v) is 7.35. The molecule has 0 radical (unpaired) electrons. The summed E-state index contributed by atoms with van der Waals surface area (Å²) in [6, 6.07) is 3.69. The van der Waals surface area contributed by atoms with Crippen molar-refractivity contribution in [3.63, 3.8) is 0 Å². The summed E-state index contributed by atoms with van der Waals surface area (Å²) in [4.78, 5) is 128. The number of aliphatic hydroxyl groups excluding tert-OH is 2. The zero-order valence-corrected chi connectivity index (χ0v) is 38.5. The van der Waals surface area contributed by atoms with Crippen molar-refractivity contribution in [1.82, 2.24) is 52.1 Å². The number of nitrogens with one attached hydrogen (secondary N) is 8. The van der Waals surface area contributed by atoms with Crippen LogP contribution in [0.5, 0.6) is 5.75 Å². The van der Waals surface area contributed by atoms with Gasteiger partial charge in [-0.15, -0.1) is 0 Å². The lowest BCUT2D eigenvalue weighted by molar-refractivity contribution is -0.139. The van der Waals surface area contributed by atoms with Gasteiger partial charge in [-0.1, -0.05) is 56.3 Å². The number of aromatic nitrogens is 2. The van der Waals surface area contributed by atoms with Crippen LogP contribution in [0.15, 0.2) is 67.1 Å². The van der Waals surface area contributed by atoms with Gasteiger partial charge >= 0.3 is 0 Å². The van der Waals surface area contributed by atoms with Gasteiger partial charge in [-0.3, -0.25) is 43.2 Å². The second kappa shape index (κ2) is 26.2. The highest BCUT2D eigenvalue weighted by atomic mass is 16.3. The smallest absolute Gasteiger partial charge is 0.245 e. The molecule has 3 aromatic rings. The molecule has 0 bridgehead atoms. The molecule has 1 aliphatic heterocycles. The fourth-order valence-electron chi connectivity index (χ4n) is 7.35. The number of hydrogen-bond acceptors (Lipinski definition) is 14. The van der Waals surface area contributed by atoms with Gasteiger partial charge in [-0.2, -0.15) is 0 Å². The normalized spacial score (nSPS) is 16.3. The van der Waals surface area contributed by atoms with Crippen molar-refractivity contribution >= 4 is 53.2 Å². The molecule has 24 nitrogen and oxygen atoms in total. The number of phenolic OH excluding ortho intramolecular Hbond substituents is 1. The van der Waals surface area contributed by atoms with Crippen LogP contribution in [-0.2, 0) is 62.4 Å². The van der Waals surface area contributed by atoms with Gasteiger partial charge in [-0.25, -0.2) is 4.98 Å². The number of nitrogens with two attached hydrogens (primary N) is 2. The van der Waals surface area contributed by atoms with E-state index in [1.807, 2.05) is 0 Å². The minimum absolute atomic E-state index is 0.0611. The molecule has 4 rings (SSSR count). The Kier molecular flexibility index (Phi) is 20.6. The van der Waals surface area contributed by atoms with E-state index in [1.165, 1.54) is 48.6 Å².